The summed E-state index contributed by atoms with van der Waals surface area (Å²) in [5, 5.41) is 0. The van der Waals surface area contributed by atoms with Gasteiger partial charge in [-0.05, 0) is 42.0 Å². The van der Waals surface area contributed by atoms with Crippen molar-refractivity contribution in [2.45, 2.75) is 6.18 Å². The number of hydrogen-bond donors (Lipinski definition) is 1. The second-order valence-electron chi connectivity index (χ2n) is 5.56. The number of hydrogen-bond acceptors (Lipinski definition) is 1. The SMILES string of the molecule is Fc1ccc(-c2cnc3ccn(-c4ccc[nH]4)c3c2)cc1C(F)(F)F. The minimum atomic E-state index is -4.75. The maximum absolute atomic E-state index is 13.5. The van der Waals surface area contributed by atoms with Gasteiger partial charge in [-0.1, -0.05) is 6.07 Å². The summed E-state index contributed by atoms with van der Waals surface area (Å²) in [5.74, 6) is -0.482. The zero-order chi connectivity index (χ0) is 17.6. The van der Waals surface area contributed by atoms with Gasteiger partial charge in [-0.15, -0.1) is 0 Å². The molecule has 0 bridgehead atoms. The number of nitrogens with one attached hydrogen (secondary N) is 1. The molecular weight excluding hydrogens is 334 g/mol. The van der Waals surface area contributed by atoms with E-state index >= 15 is 0 Å². The molecule has 0 unspecified atom stereocenters. The Kier molecular flexibility index (Phi) is 3.38. The van der Waals surface area contributed by atoms with Crippen molar-refractivity contribution >= 4 is 11.0 Å². The molecule has 0 amide bonds. The highest BCUT2D eigenvalue weighted by Gasteiger charge is 2.34. The molecule has 3 heterocycles. The fourth-order valence-electron chi connectivity index (χ4n) is 2.77. The molecular formula is C18H11F4N3. The van der Waals surface area contributed by atoms with Crippen LogP contribution in [0.15, 0.2) is 61.1 Å². The van der Waals surface area contributed by atoms with Gasteiger partial charge in [-0.2, -0.15) is 13.2 Å². The van der Waals surface area contributed by atoms with Gasteiger partial charge in [0.05, 0.1) is 16.6 Å². The van der Waals surface area contributed by atoms with Crippen molar-refractivity contribution in [3.05, 3.63) is 72.4 Å². The Labute approximate surface area is 139 Å². The molecule has 7 heteroatoms. The summed E-state index contributed by atoms with van der Waals surface area (Å²) in [6, 6.07) is 10.2. The fraction of sp³-hybridized carbons (Fsp3) is 0.0556. The van der Waals surface area contributed by atoms with Gasteiger partial charge < -0.3 is 9.55 Å². The van der Waals surface area contributed by atoms with E-state index in [0.29, 0.717) is 11.1 Å². The molecule has 3 nitrogen and oxygen atoms in total. The van der Waals surface area contributed by atoms with Crippen molar-refractivity contribution in [2.24, 2.45) is 0 Å². The van der Waals surface area contributed by atoms with E-state index in [2.05, 4.69) is 9.97 Å². The largest absolute Gasteiger partial charge is 0.419 e. The van der Waals surface area contributed by atoms with Crippen LogP contribution in [-0.4, -0.2) is 14.5 Å². The Balaban J connectivity index is 1.87. The minimum Gasteiger partial charge on any atom is -0.348 e. The third kappa shape index (κ3) is 2.67. The molecule has 0 aliphatic rings. The molecule has 4 rings (SSSR count). The van der Waals surface area contributed by atoms with E-state index in [0.717, 1.165) is 23.5 Å². The highest BCUT2D eigenvalue weighted by atomic mass is 19.4. The number of pyridine rings is 1. The second-order valence-corrected chi connectivity index (χ2v) is 5.56. The summed E-state index contributed by atoms with van der Waals surface area (Å²) in [5.41, 5.74) is 0.881. The van der Waals surface area contributed by atoms with Crippen LogP contribution < -0.4 is 0 Å². The van der Waals surface area contributed by atoms with E-state index < -0.39 is 17.6 Å². The first-order chi connectivity index (χ1) is 11.9. The molecule has 4 aromatic rings. The zero-order valence-corrected chi connectivity index (χ0v) is 12.7. The molecule has 0 aliphatic heterocycles. The summed E-state index contributed by atoms with van der Waals surface area (Å²) in [7, 11) is 0. The molecule has 1 N–H and O–H groups in total. The topological polar surface area (TPSA) is 33.6 Å². The number of nitrogens with zero attached hydrogens (tertiary/aromatic N) is 2. The minimum absolute atomic E-state index is 0.252. The third-order valence-corrected chi connectivity index (χ3v) is 3.98. The molecule has 0 atom stereocenters. The molecule has 1 aromatic carbocycles. The molecule has 0 fully saturated rings. The van der Waals surface area contributed by atoms with Crippen LogP contribution >= 0.6 is 0 Å². The predicted molar refractivity (Wildman–Crippen MR) is 85.8 cm³/mol. The van der Waals surface area contributed by atoms with Crippen LogP contribution in [0.2, 0.25) is 0 Å². The summed E-state index contributed by atoms with van der Waals surface area (Å²) in [6.07, 6.45) is 0.323. The van der Waals surface area contributed by atoms with Gasteiger partial charge in [0.2, 0.25) is 0 Å². The molecule has 0 saturated carbocycles. The highest BCUT2D eigenvalue weighted by Crippen LogP contribution is 2.34. The standard InChI is InChI=1S/C18H11F4N3/c19-14-4-3-11(8-13(14)18(20,21)22)12-9-16-15(24-10-12)5-7-25(16)17-2-1-6-23-17/h1-10,23H. The first-order valence-electron chi connectivity index (χ1n) is 7.41. The second kappa shape index (κ2) is 5.47. The number of halogens is 4. The van der Waals surface area contributed by atoms with E-state index in [4.69, 9.17) is 0 Å². The van der Waals surface area contributed by atoms with E-state index in [1.54, 1.807) is 12.3 Å². The number of aromatic amines is 1. The number of H-pyrrole nitrogens is 1. The predicted octanol–water partition coefficient (Wildman–Crippen LogP) is 5.18. The molecule has 25 heavy (non-hydrogen) atoms. The van der Waals surface area contributed by atoms with Crippen molar-refractivity contribution in [3.8, 4) is 16.9 Å². The lowest BCUT2D eigenvalue weighted by atomic mass is 10.0. The highest BCUT2D eigenvalue weighted by molar-refractivity contribution is 5.82. The van der Waals surface area contributed by atoms with Crippen molar-refractivity contribution in [1.82, 2.24) is 14.5 Å². The van der Waals surface area contributed by atoms with Gasteiger partial charge in [0.25, 0.3) is 0 Å². The molecule has 0 spiro atoms. The smallest absolute Gasteiger partial charge is 0.348 e. The summed E-state index contributed by atoms with van der Waals surface area (Å²) < 4.78 is 54.1. The van der Waals surface area contributed by atoms with Gasteiger partial charge >= 0.3 is 6.18 Å². The average Bonchev–Trinajstić information content (AvgIpc) is 3.22. The van der Waals surface area contributed by atoms with Gasteiger partial charge in [-0.25, -0.2) is 4.39 Å². The number of alkyl halides is 3. The summed E-state index contributed by atoms with van der Waals surface area (Å²) in [6.45, 7) is 0. The molecule has 3 aromatic heterocycles. The average molecular weight is 345 g/mol. The Morgan fingerprint density at radius 3 is 2.56 bits per heavy atom. The first-order valence-corrected chi connectivity index (χ1v) is 7.41. The normalized spacial score (nSPS) is 12.0. The summed E-state index contributed by atoms with van der Waals surface area (Å²) >= 11 is 0. The number of fused-ring (bicyclic) bond motifs is 1. The van der Waals surface area contributed by atoms with E-state index in [-0.39, 0.29) is 5.56 Å². The maximum atomic E-state index is 13.5. The van der Waals surface area contributed by atoms with Crippen LogP contribution in [0.5, 0.6) is 0 Å². The van der Waals surface area contributed by atoms with E-state index in [1.807, 2.05) is 29.0 Å². The van der Waals surface area contributed by atoms with Crippen molar-refractivity contribution in [3.63, 3.8) is 0 Å². The van der Waals surface area contributed by atoms with Crippen molar-refractivity contribution < 1.29 is 17.6 Å². The van der Waals surface area contributed by atoms with Crippen molar-refractivity contribution in [1.29, 1.82) is 0 Å². The fourth-order valence-corrected chi connectivity index (χ4v) is 2.77. The van der Waals surface area contributed by atoms with Gasteiger partial charge in [0.15, 0.2) is 0 Å². The zero-order valence-electron chi connectivity index (χ0n) is 12.7. The Morgan fingerprint density at radius 1 is 1.00 bits per heavy atom. The third-order valence-electron chi connectivity index (χ3n) is 3.98. The molecule has 126 valence electrons. The lowest BCUT2D eigenvalue weighted by Crippen LogP contribution is -2.08. The Bertz CT molecular complexity index is 1050. The van der Waals surface area contributed by atoms with Crippen LogP contribution in [-0.2, 0) is 6.18 Å². The molecule has 0 radical (unpaired) electrons. The van der Waals surface area contributed by atoms with Crippen LogP contribution in [0.4, 0.5) is 17.6 Å². The summed E-state index contributed by atoms with van der Waals surface area (Å²) in [4.78, 5) is 7.36. The van der Waals surface area contributed by atoms with Gasteiger partial charge in [-0.3, -0.25) is 4.98 Å². The first kappa shape index (κ1) is 15.4. The van der Waals surface area contributed by atoms with E-state index in [9.17, 15) is 17.6 Å². The molecule has 0 saturated heterocycles. The number of rotatable bonds is 2. The lowest BCUT2D eigenvalue weighted by Gasteiger charge is -2.10. The van der Waals surface area contributed by atoms with Crippen molar-refractivity contribution in [2.75, 3.05) is 0 Å². The van der Waals surface area contributed by atoms with E-state index in [1.165, 1.54) is 12.3 Å². The Morgan fingerprint density at radius 2 is 1.84 bits per heavy atom. The molecule has 0 aliphatic carbocycles. The number of benzene rings is 1. The quantitative estimate of drug-likeness (QED) is 0.499. The van der Waals surface area contributed by atoms with Crippen LogP contribution in [0.3, 0.4) is 0 Å². The van der Waals surface area contributed by atoms with Crippen LogP contribution in [0.25, 0.3) is 28.0 Å². The van der Waals surface area contributed by atoms with Gasteiger partial charge in [0, 0.05) is 24.2 Å². The monoisotopic (exact) mass is 345 g/mol. The van der Waals surface area contributed by atoms with Gasteiger partial charge in [0.1, 0.15) is 11.6 Å². The Hall–Kier alpha value is -3.09. The lowest BCUT2D eigenvalue weighted by molar-refractivity contribution is -0.139. The number of aromatic nitrogens is 3. The van der Waals surface area contributed by atoms with Crippen LogP contribution in [0.1, 0.15) is 5.56 Å². The maximum Gasteiger partial charge on any atom is 0.419 e. The van der Waals surface area contributed by atoms with Crippen LogP contribution in [0, 0.1) is 5.82 Å².